The topological polar surface area (TPSA) is 58.6 Å². The Bertz CT molecular complexity index is 798. The Balaban J connectivity index is 1.76. The summed E-state index contributed by atoms with van der Waals surface area (Å²) in [5.74, 6) is 0. The number of nitrogens with one attached hydrogen (secondary N) is 1. The van der Waals surface area contributed by atoms with E-state index in [9.17, 15) is 8.42 Å². The number of hydrogen-bond acceptors (Lipinski definition) is 5. The Morgan fingerprint density at radius 2 is 1.96 bits per heavy atom. The summed E-state index contributed by atoms with van der Waals surface area (Å²) >= 11 is 1.66. The number of benzene rings is 1. The molecule has 5 nitrogen and oxygen atoms in total. The fourth-order valence-electron chi connectivity index (χ4n) is 2.93. The first-order valence-corrected chi connectivity index (χ1v) is 10.8. The third kappa shape index (κ3) is 4.48. The Kier molecular flexibility index (Phi) is 5.91. The fraction of sp³-hybridized carbons (Fsp3) is 0.444. The second-order valence-corrected chi connectivity index (χ2v) is 9.02. The average Bonchev–Trinajstić information content (AvgIpc) is 3.12. The van der Waals surface area contributed by atoms with E-state index < -0.39 is 10.0 Å². The van der Waals surface area contributed by atoms with Crippen LogP contribution in [0.2, 0.25) is 0 Å². The first kappa shape index (κ1) is 18.5. The predicted molar refractivity (Wildman–Crippen MR) is 101 cm³/mol. The average molecular weight is 381 g/mol. The minimum Gasteiger partial charge on any atom is -0.379 e. The Morgan fingerprint density at radius 3 is 2.60 bits per heavy atom. The summed E-state index contributed by atoms with van der Waals surface area (Å²) in [6.07, 6.45) is 0. The van der Waals surface area contributed by atoms with Crippen LogP contribution in [0.15, 0.2) is 40.6 Å². The van der Waals surface area contributed by atoms with Gasteiger partial charge in [-0.1, -0.05) is 12.1 Å². The van der Waals surface area contributed by atoms with E-state index in [4.69, 9.17) is 4.74 Å². The largest absolute Gasteiger partial charge is 0.379 e. The van der Waals surface area contributed by atoms with Gasteiger partial charge in [0.2, 0.25) is 10.0 Å². The summed E-state index contributed by atoms with van der Waals surface area (Å²) in [4.78, 5) is 3.78. The van der Waals surface area contributed by atoms with Gasteiger partial charge in [0.15, 0.2) is 0 Å². The lowest BCUT2D eigenvalue weighted by molar-refractivity contribution is 0.0179. The molecule has 2 heterocycles. The second kappa shape index (κ2) is 7.97. The lowest BCUT2D eigenvalue weighted by Gasteiger charge is -2.34. The fourth-order valence-corrected chi connectivity index (χ4v) is 4.92. The summed E-state index contributed by atoms with van der Waals surface area (Å²) in [7, 11) is -3.53. The summed E-state index contributed by atoms with van der Waals surface area (Å²) < 4.78 is 33.6. The van der Waals surface area contributed by atoms with Crippen molar-refractivity contribution in [3.63, 3.8) is 0 Å². The van der Waals surface area contributed by atoms with Crippen LogP contribution in [0.25, 0.3) is 0 Å². The zero-order valence-corrected chi connectivity index (χ0v) is 16.2. The van der Waals surface area contributed by atoms with Gasteiger partial charge in [0.05, 0.1) is 24.2 Å². The molecule has 1 aliphatic rings. The molecule has 25 heavy (non-hydrogen) atoms. The van der Waals surface area contributed by atoms with Crippen LogP contribution in [-0.2, 0) is 14.8 Å². The number of thiophene rings is 1. The number of hydrogen-bond donors (Lipinski definition) is 1. The highest BCUT2D eigenvalue weighted by molar-refractivity contribution is 7.89. The van der Waals surface area contributed by atoms with E-state index in [2.05, 4.69) is 15.7 Å². The number of morpholine rings is 1. The van der Waals surface area contributed by atoms with Gasteiger partial charge in [0, 0.05) is 24.5 Å². The highest BCUT2D eigenvalue weighted by Crippen LogP contribution is 2.26. The molecule has 1 N–H and O–H groups in total. The van der Waals surface area contributed by atoms with E-state index in [0.29, 0.717) is 24.7 Å². The Labute approximate surface area is 153 Å². The maximum Gasteiger partial charge on any atom is 0.240 e. The first-order valence-electron chi connectivity index (χ1n) is 8.39. The summed E-state index contributed by atoms with van der Waals surface area (Å²) in [5.41, 5.74) is 2.06. The van der Waals surface area contributed by atoms with Gasteiger partial charge in [-0.25, -0.2) is 13.1 Å². The highest BCUT2D eigenvalue weighted by Gasteiger charge is 2.25. The molecule has 1 aliphatic heterocycles. The van der Waals surface area contributed by atoms with Crippen molar-refractivity contribution in [1.29, 1.82) is 0 Å². The van der Waals surface area contributed by atoms with Gasteiger partial charge in [0.25, 0.3) is 0 Å². The van der Waals surface area contributed by atoms with Crippen molar-refractivity contribution in [3.8, 4) is 0 Å². The molecule has 2 aromatic rings. The lowest BCUT2D eigenvalue weighted by atomic mass is 10.1. The number of nitrogens with zero attached hydrogens (tertiary/aromatic N) is 1. The highest BCUT2D eigenvalue weighted by atomic mass is 32.2. The molecule has 136 valence electrons. The smallest absolute Gasteiger partial charge is 0.240 e. The second-order valence-electron chi connectivity index (χ2n) is 6.28. The van der Waals surface area contributed by atoms with Gasteiger partial charge in [-0.2, -0.15) is 0 Å². The quantitative estimate of drug-likeness (QED) is 0.837. The van der Waals surface area contributed by atoms with Gasteiger partial charge in [-0.3, -0.25) is 4.90 Å². The lowest BCUT2D eigenvalue weighted by Crippen LogP contribution is -2.43. The van der Waals surface area contributed by atoms with Crippen LogP contribution in [0.3, 0.4) is 0 Å². The molecule has 3 rings (SSSR count). The number of aryl methyl sites for hydroxylation is 2. The van der Waals surface area contributed by atoms with Gasteiger partial charge >= 0.3 is 0 Å². The number of ether oxygens (including phenoxy) is 1. The molecular formula is C18H24N2O3S2. The van der Waals surface area contributed by atoms with E-state index in [-0.39, 0.29) is 6.04 Å². The normalized spacial score (nSPS) is 17.5. The molecule has 1 aromatic heterocycles. The molecule has 0 radical (unpaired) electrons. The Hall–Kier alpha value is -1.25. The molecule has 1 saturated heterocycles. The van der Waals surface area contributed by atoms with Gasteiger partial charge in [0.1, 0.15) is 0 Å². The predicted octanol–water partition coefficient (Wildman–Crippen LogP) is 2.72. The van der Waals surface area contributed by atoms with Gasteiger partial charge in [-0.05, 0) is 48.6 Å². The molecule has 0 aliphatic carbocycles. The molecule has 1 aromatic carbocycles. The number of sulfonamides is 1. The molecule has 0 spiro atoms. The van der Waals surface area contributed by atoms with Gasteiger partial charge < -0.3 is 4.74 Å². The van der Waals surface area contributed by atoms with Crippen molar-refractivity contribution in [3.05, 3.63) is 51.7 Å². The summed E-state index contributed by atoms with van der Waals surface area (Å²) in [6, 6.07) is 9.35. The van der Waals surface area contributed by atoms with E-state index in [0.717, 1.165) is 24.2 Å². The minimum atomic E-state index is -3.53. The van der Waals surface area contributed by atoms with Crippen molar-refractivity contribution in [1.82, 2.24) is 9.62 Å². The first-order chi connectivity index (χ1) is 12.0. The third-order valence-electron chi connectivity index (χ3n) is 4.61. The van der Waals surface area contributed by atoms with E-state index in [1.165, 1.54) is 4.88 Å². The molecule has 1 atom stereocenters. The summed E-state index contributed by atoms with van der Waals surface area (Å²) in [5, 5.41) is 2.03. The Morgan fingerprint density at radius 1 is 1.20 bits per heavy atom. The van der Waals surface area contributed by atoms with E-state index >= 15 is 0 Å². The maximum absolute atomic E-state index is 12.7. The van der Waals surface area contributed by atoms with Crippen LogP contribution in [0, 0.1) is 13.8 Å². The van der Waals surface area contributed by atoms with Crippen LogP contribution in [0.1, 0.15) is 22.0 Å². The van der Waals surface area contributed by atoms with Crippen LogP contribution in [-0.4, -0.2) is 46.2 Å². The summed E-state index contributed by atoms with van der Waals surface area (Å²) in [6.45, 7) is 7.26. The molecule has 0 unspecified atom stereocenters. The van der Waals surface area contributed by atoms with Crippen molar-refractivity contribution in [2.24, 2.45) is 0 Å². The monoisotopic (exact) mass is 380 g/mol. The van der Waals surface area contributed by atoms with Crippen molar-refractivity contribution in [2.45, 2.75) is 24.8 Å². The molecule has 1 fully saturated rings. The standard InChI is InChI=1S/C18H24N2O3S2/c1-14-5-6-16(12-15(14)2)25(21,22)19-13-17(18-4-3-11-24-18)20-7-9-23-10-8-20/h3-6,11-12,17,19H,7-10,13H2,1-2H3/t17-/m0/s1. The minimum absolute atomic E-state index is 0.0326. The molecule has 0 saturated carbocycles. The van der Waals surface area contributed by atoms with E-state index in [1.54, 1.807) is 23.5 Å². The molecule has 0 bridgehead atoms. The SMILES string of the molecule is Cc1ccc(S(=O)(=O)NC[C@@H](c2cccs2)N2CCOCC2)cc1C. The van der Waals surface area contributed by atoms with Crippen molar-refractivity contribution >= 4 is 21.4 Å². The molecular weight excluding hydrogens is 356 g/mol. The van der Waals surface area contributed by atoms with Crippen molar-refractivity contribution < 1.29 is 13.2 Å². The zero-order chi connectivity index (χ0) is 17.9. The van der Waals surface area contributed by atoms with Gasteiger partial charge in [-0.15, -0.1) is 11.3 Å². The molecule has 0 amide bonds. The van der Waals surface area contributed by atoms with Crippen LogP contribution in [0.4, 0.5) is 0 Å². The zero-order valence-electron chi connectivity index (χ0n) is 14.6. The number of rotatable bonds is 6. The van der Waals surface area contributed by atoms with Crippen LogP contribution >= 0.6 is 11.3 Å². The van der Waals surface area contributed by atoms with E-state index in [1.807, 2.05) is 31.4 Å². The molecule has 7 heteroatoms. The van der Waals surface area contributed by atoms with Crippen molar-refractivity contribution in [2.75, 3.05) is 32.8 Å². The third-order valence-corrected chi connectivity index (χ3v) is 7.01. The van der Waals surface area contributed by atoms with Crippen LogP contribution in [0.5, 0.6) is 0 Å². The van der Waals surface area contributed by atoms with Crippen LogP contribution < -0.4 is 4.72 Å². The maximum atomic E-state index is 12.7.